The summed E-state index contributed by atoms with van der Waals surface area (Å²) in [5.74, 6) is 2.39. The molecule has 3 aromatic rings. The molecule has 0 fully saturated rings. The first-order valence-corrected chi connectivity index (χ1v) is 10.2. The van der Waals surface area contributed by atoms with Gasteiger partial charge in [-0.25, -0.2) is 0 Å². The van der Waals surface area contributed by atoms with Crippen LogP contribution in [0.1, 0.15) is 34.2 Å². The third-order valence-corrected chi connectivity index (χ3v) is 6.10. The van der Waals surface area contributed by atoms with E-state index in [0.717, 1.165) is 28.4 Å². The predicted octanol–water partition coefficient (Wildman–Crippen LogP) is 4.47. The second kappa shape index (κ2) is 8.10. The van der Waals surface area contributed by atoms with Crippen LogP contribution < -0.4 is 9.47 Å². The average molecular weight is 397 g/mol. The standard InChI is InChI=1S/C22H23NO4S/c1-25-18-13-15-9-10-23(21(24)8-7-16-5-3-11-27-16)22(20-6-4-12-28-20)17(15)14-19(18)26-2/h3-6,11-14,22H,7-10H2,1-2H3. The number of aryl methyl sites for hydroxylation is 1. The second-order valence-corrected chi connectivity index (χ2v) is 7.72. The van der Waals surface area contributed by atoms with E-state index in [4.69, 9.17) is 13.9 Å². The number of amides is 1. The van der Waals surface area contributed by atoms with Gasteiger partial charge in [-0.3, -0.25) is 4.79 Å². The van der Waals surface area contributed by atoms with E-state index in [0.29, 0.717) is 25.1 Å². The Labute approximate surface area is 168 Å². The molecule has 0 saturated carbocycles. The molecule has 1 atom stereocenters. The minimum absolute atomic E-state index is 0.104. The first-order valence-electron chi connectivity index (χ1n) is 9.31. The molecule has 0 N–H and O–H groups in total. The largest absolute Gasteiger partial charge is 0.493 e. The van der Waals surface area contributed by atoms with Crippen molar-refractivity contribution in [3.05, 3.63) is 69.8 Å². The van der Waals surface area contributed by atoms with Crippen molar-refractivity contribution in [1.82, 2.24) is 4.90 Å². The van der Waals surface area contributed by atoms with E-state index in [-0.39, 0.29) is 11.9 Å². The van der Waals surface area contributed by atoms with E-state index in [1.165, 1.54) is 5.56 Å². The van der Waals surface area contributed by atoms with Crippen molar-refractivity contribution in [2.24, 2.45) is 0 Å². The number of methoxy groups -OCH3 is 2. The van der Waals surface area contributed by atoms with Crippen LogP contribution in [-0.4, -0.2) is 31.6 Å². The van der Waals surface area contributed by atoms with Gasteiger partial charge in [-0.2, -0.15) is 0 Å². The molecule has 6 heteroatoms. The number of rotatable bonds is 6. The van der Waals surface area contributed by atoms with E-state index in [9.17, 15) is 4.79 Å². The number of carbonyl (C=O) groups excluding carboxylic acids is 1. The van der Waals surface area contributed by atoms with E-state index in [2.05, 4.69) is 11.4 Å². The smallest absolute Gasteiger partial charge is 0.223 e. The number of furan rings is 1. The van der Waals surface area contributed by atoms with Crippen molar-refractivity contribution < 1.29 is 18.7 Å². The van der Waals surface area contributed by atoms with Gasteiger partial charge in [-0.05, 0) is 53.3 Å². The van der Waals surface area contributed by atoms with Crippen molar-refractivity contribution in [3.63, 3.8) is 0 Å². The lowest BCUT2D eigenvalue weighted by Gasteiger charge is -2.37. The lowest BCUT2D eigenvalue weighted by atomic mass is 9.90. The van der Waals surface area contributed by atoms with Crippen LogP contribution in [0.15, 0.2) is 52.5 Å². The van der Waals surface area contributed by atoms with Gasteiger partial charge < -0.3 is 18.8 Å². The monoisotopic (exact) mass is 397 g/mol. The number of hydrogen-bond donors (Lipinski definition) is 0. The number of carbonyl (C=O) groups is 1. The number of hydrogen-bond acceptors (Lipinski definition) is 5. The summed E-state index contributed by atoms with van der Waals surface area (Å²) in [6, 6.07) is 11.8. The van der Waals surface area contributed by atoms with Gasteiger partial charge in [0.15, 0.2) is 11.5 Å². The van der Waals surface area contributed by atoms with Crippen molar-refractivity contribution in [3.8, 4) is 11.5 Å². The van der Waals surface area contributed by atoms with Crippen LogP contribution >= 0.6 is 11.3 Å². The highest BCUT2D eigenvalue weighted by atomic mass is 32.1. The van der Waals surface area contributed by atoms with Crippen molar-refractivity contribution in [2.45, 2.75) is 25.3 Å². The summed E-state index contributed by atoms with van der Waals surface area (Å²) in [7, 11) is 3.29. The molecule has 4 rings (SSSR count). The molecule has 1 unspecified atom stereocenters. The molecule has 1 aliphatic rings. The summed E-state index contributed by atoms with van der Waals surface area (Å²) in [6.45, 7) is 0.683. The topological polar surface area (TPSA) is 51.9 Å². The zero-order valence-electron chi connectivity index (χ0n) is 16.0. The van der Waals surface area contributed by atoms with E-state index in [1.54, 1.807) is 31.8 Å². The molecule has 0 radical (unpaired) electrons. The van der Waals surface area contributed by atoms with E-state index in [1.807, 2.05) is 35.2 Å². The molecular formula is C22H23NO4S. The van der Waals surface area contributed by atoms with Crippen LogP contribution in [0.4, 0.5) is 0 Å². The van der Waals surface area contributed by atoms with Crippen LogP contribution in [0, 0.1) is 0 Å². The molecule has 0 saturated heterocycles. The van der Waals surface area contributed by atoms with Gasteiger partial charge in [0.05, 0.1) is 26.5 Å². The van der Waals surface area contributed by atoms with Crippen molar-refractivity contribution in [1.29, 1.82) is 0 Å². The maximum absolute atomic E-state index is 13.1. The Morgan fingerprint density at radius 2 is 2.04 bits per heavy atom. The Hall–Kier alpha value is -2.73. The van der Waals surface area contributed by atoms with Gasteiger partial charge in [0, 0.05) is 24.3 Å². The fourth-order valence-electron chi connectivity index (χ4n) is 3.80. The molecule has 5 nitrogen and oxygen atoms in total. The van der Waals surface area contributed by atoms with Gasteiger partial charge >= 0.3 is 0 Å². The number of thiophene rings is 1. The highest BCUT2D eigenvalue weighted by molar-refractivity contribution is 7.10. The SMILES string of the molecule is COc1cc2c(cc1OC)C(c1cccs1)N(C(=O)CCc1ccco1)CC2. The lowest BCUT2D eigenvalue weighted by molar-refractivity contribution is -0.133. The molecule has 0 spiro atoms. The molecule has 1 aromatic carbocycles. The summed E-state index contributed by atoms with van der Waals surface area (Å²) >= 11 is 1.67. The molecule has 3 heterocycles. The Balaban J connectivity index is 1.67. The number of nitrogens with zero attached hydrogens (tertiary/aromatic N) is 1. The minimum Gasteiger partial charge on any atom is -0.493 e. The van der Waals surface area contributed by atoms with Gasteiger partial charge in [0.2, 0.25) is 5.91 Å². The zero-order valence-corrected chi connectivity index (χ0v) is 16.8. The molecule has 0 aliphatic carbocycles. The van der Waals surface area contributed by atoms with Crippen LogP contribution in [-0.2, 0) is 17.6 Å². The highest BCUT2D eigenvalue weighted by Crippen LogP contribution is 2.42. The summed E-state index contributed by atoms with van der Waals surface area (Å²) in [4.78, 5) is 16.3. The number of benzene rings is 1. The Kier molecular flexibility index (Phi) is 5.39. The molecule has 146 valence electrons. The van der Waals surface area contributed by atoms with E-state index >= 15 is 0 Å². The maximum atomic E-state index is 13.1. The Morgan fingerprint density at radius 3 is 2.71 bits per heavy atom. The van der Waals surface area contributed by atoms with E-state index < -0.39 is 0 Å². The van der Waals surface area contributed by atoms with Crippen molar-refractivity contribution in [2.75, 3.05) is 20.8 Å². The second-order valence-electron chi connectivity index (χ2n) is 6.74. The Bertz CT molecular complexity index is 934. The van der Waals surface area contributed by atoms with Crippen LogP contribution in [0.3, 0.4) is 0 Å². The summed E-state index contributed by atoms with van der Waals surface area (Å²) < 4.78 is 16.4. The molecule has 0 bridgehead atoms. The number of fused-ring (bicyclic) bond motifs is 1. The van der Waals surface area contributed by atoms with Crippen LogP contribution in [0.5, 0.6) is 11.5 Å². The third kappa shape index (κ3) is 3.52. The summed E-state index contributed by atoms with van der Waals surface area (Å²) in [5.41, 5.74) is 2.31. The van der Waals surface area contributed by atoms with Crippen LogP contribution in [0.2, 0.25) is 0 Å². The normalized spacial score (nSPS) is 15.9. The maximum Gasteiger partial charge on any atom is 0.223 e. The highest BCUT2D eigenvalue weighted by Gasteiger charge is 2.33. The fraction of sp³-hybridized carbons (Fsp3) is 0.318. The zero-order chi connectivity index (χ0) is 19.5. The van der Waals surface area contributed by atoms with Crippen LogP contribution in [0.25, 0.3) is 0 Å². The molecule has 2 aromatic heterocycles. The average Bonchev–Trinajstić information content (AvgIpc) is 3.44. The van der Waals surface area contributed by atoms with Crippen molar-refractivity contribution >= 4 is 17.2 Å². The first-order chi connectivity index (χ1) is 13.7. The molecule has 1 amide bonds. The number of ether oxygens (including phenoxy) is 2. The minimum atomic E-state index is -0.104. The molecule has 1 aliphatic heterocycles. The van der Waals surface area contributed by atoms with Gasteiger partial charge in [-0.15, -0.1) is 11.3 Å². The quantitative estimate of drug-likeness (QED) is 0.616. The van der Waals surface area contributed by atoms with Gasteiger partial charge in [-0.1, -0.05) is 6.07 Å². The summed E-state index contributed by atoms with van der Waals surface area (Å²) in [6.07, 6.45) is 3.48. The Morgan fingerprint density at radius 1 is 1.21 bits per heavy atom. The summed E-state index contributed by atoms with van der Waals surface area (Å²) in [5, 5.41) is 2.05. The van der Waals surface area contributed by atoms with Gasteiger partial charge in [0.25, 0.3) is 0 Å². The lowest BCUT2D eigenvalue weighted by Crippen LogP contribution is -2.40. The molecule has 28 heavy (non-hydrogen) atoms. The fourth-order valence-corrected chi connectivity index (χ4v) is 4.65. The molecular weight excluding hydrogens is 374 g/mol. The first kappa shape index (κ1) is 18.6. The van der Waals surface area contributed by atoms with Gasteiger partial charge in [0.1, 0.15) is 5.76 Å². The third-order valence-electron chi connectivity index (χ3n) is 5.17. The predicted molar refractivity (Wildman–Crippen MR) is 108 cm³/mol.